The molecule has 3 N–H and O–H groups in total. The minimum absolute atomic E-state index is 0.0300. The van der Waals surface area contributed by atoms with E-state index >= 15 is 0 Å². The Hall–Kier alpha value is -3.37. The number of hydrogen-bond acceptors (Lipinski definition) is 9. The summed E-state index contributed by atoms with van der Waals surface area (Å²) in [5.74, 6) is -0.979. The van der Waals surface area contributed by atoms with E-state index < -0.39 is 32.5 Å². The Balaban J connectivity index is 2.25. The number of phosphoric acid groups is 1. The molecule has 10 nitrogen and oxygen atoms in total. The van der Waals surface area contributed by atoms with Gasteiger partial charge >= 0.3 is 19.8 Å². The molecule has 4 atom stereocenters. The predicted octanol–water partition coefficient (Wildman–Crippen LogP) is 12.1. The monoisotopic (exact) mass is 856 g/mol. The van der Waals surface area contributed by atoms with Gasteiger partial charge < -0.3 is 24.8 Å². The molecular formula is C49H78NO9P. The van der Waals surface area contributed by atoms with Crippen molar-refractivity contribution in [3.05, 3.63) is 109 Å². The van der Waals surface area contributed by atoms with Crippen LogP contribution in [0.5, 0.6) is 0 Å². The summed E-state index contributed by atoms with van der Waals surface area (Å²) in [5, 5.41) is 0. The third kappa shape index (κ3) is 36.5. The summed E-state index contributed by atoms with van der Waals surface area (Å²) in [6.45, 7) is 3.43. The second-order valence-electron chi connectivity index (χ2n) is 14.6. The lowest BCUT2D eigenvalue weighted by atomic mass is 10.1. The number of ether oxygens (including phenoxy) is 3. The number of carbonyl (C=O) groups is 2. The summed E-state index contributed by atoms with van der Waals surface area (Å²) in [5.41, 5.74) is 5.34. The van der Waals surface area contributed by atoms with Crippen LogP contribution in [0.2, 0.25) is 0 Å². The molecule has 60 heavy (non-hydrogen) atoms. The maximum atomic E-state index is 12.6. The smallest absolute Gasteiger partial charge is 0.462 e. The standard InChI is InChI=1S/C49H78NO9P/c1-3-5-7-8-9-10-11-12-13-14-15-16-17-18-23-26-29-32-36-40-49(52)58-45(44-57-60(53,54)56-42-41-50)43-55-48(51)39-35-31-28-25-22-20-19-21-24-27-30-34-38-47-46(59-47)37-33-6-4-2/h6,9-10,12-13,15-16,18,20-24,28,30-31,33-34,45-47H,3-5,7-8,11,14,17,19,25-27,29,32,35-44,50H2,1-2H3,(H,53,54)/b10-9-,13-12-,16-15-,22-20-,23-18-,24-21-,31-28-,33-6-,34-30-/t45-,46?,47?/m1/s1. The van der Waals surface area contributed by atoms with E-state index in [0.29, 0.717) is 25.0 Å². The number of esters is 2. The van der Waals surface area contributed by atoms with E-state index in [1.54, 1.807) is 0 Å². The van der Waals surface area contributed by atoms with Crippen molar-refractivity contribution < 1.29 is 42.3 Å². The third-order valence-electron chi connectivity index (χ3n) is 9.06. The molecule has 0 aromatic rings. The van der Waals surface area contributed by atoms with Gasteiger partial charge in [-0.3, -0.25) is 18.6 Å². The molecule has 0 radical (unpaired) electrons. The number of rotatable bonds is 39. The lowest BCUT2D eigenvalue weighted by Crippen LogP contribution is -2.29. The molecule has 0 aromatic heterocycles. The Morgan fingerprint density at radius 1 is 0.600 bits per heavy atom. The number of nitrogens with two attached hydrogens (primary N) is 1. The second-order valence-corrected chi connectivity index (χ2v) is 16.0. The maximum absolute atomic E-state index is 12.6. The van der Waals surface area contributed by atoms with Crippen molar-refractivity contribution in [2.75, 3.05) is 26.4 Å². The normalized spacial score (nSPS) is 17.7. The average molecular weight is 856 g/mol. The van der Waals surface area contributed by atoms with Gasteiger partial charge in [-0.25, -0.2) is 4.57 Å². The van der Waals surface area contributed by atoms with Gasteiger partial charge in [0.1, 0.15) is 6.61 Å². The van der Waals surface area contributed by atoms with Gasteiger partial charge in [-0.15, -0.1) is 0 Å². The summed E-state index contributed by atoms with van der Waals surface area (Å²) in [6, 6.07) is 0. The molecule has 0 aromatic carbocycles. The van der Waals surface area contributed by atoms with Crippen LogP contribution in [-0.2, 0) is 37.4 Å². The van der Waals surface area contributed by atoms with Crippen molar-refractivity contribution in [3.8, 4) is 0 Å². The summed E-state index contributed by atoms with van der Waals surface area (Å²) < 4.78 is 38.4. The largest absolute Gasteiger partial charge is 0.472 e. The number of hydrogen-bond donors (Lipinski definition) is 2. The van der Waals surface area contributed by atoms with Crippen LogP contribution < -0.4 is 5.73 Å². The number of unbranched alkanes of at least 4 members (excludes halogenated alkanes) is 6. The molecular weight excluding hydrogens is 778 g/mol. The minimum atomic E-state index is -4.42. The fourth-order valence-corrected chi connectivity index (χ4v) is 6.39. The Morgan fingerprint density at radius 3 is 1.63 bits per heavy atom. The van der Waals surface area contributed by atoms with Gasteiger partial charge in [0.15, 0.2) is 6.10 Å². The fourth-order valence-electron chi connectivity index (χ4n) is 5.62. The van der Waals surface area contributed by atoms with Crippen molar-refractivity contribution >= 4 is 19.8 Å². The lowest BCUT2D eigenvalue weighted by Gasteiger charge is -2.19. The molecule has 3 unspecified atom stereocenters. The average Bonchev–Trinajstić information content (AvgIpc) is 3.99. The first-order chi connectivity index (χ1) is 29.3. The number of phosphoric ester groups is 1. The molecule has 0 aliphatic carbocycles. The SMILES string of the molecule is CC/C=C\CC1OC1C/C=C\C/C=C\C/C=C\C/C=C\CCC(=O)OC[C@H](COP(=O)(O)OCCN)OC(=O)CCCCC/C=C\C/C=C\C/C=C\C/C=C\CCCCC. The molecule has 11 heteroatoms. The van der Waals surface area contributed by atoms with E-state index in [0.717, 1.165) is 77.0 Å². The first-order valence-corrected chi connectivity index (χ1v) is 24.0. The second kappa shape index (κ2) is 39.7. The van der Waals surface area contributed by atoms with E-state index in [2.05, 4.69) is 111 Å². The molecule has 0 bridgehead atoms. The van der Waals surface area contributed by atoms with Gasteiger partial charge in [-0.05, 0) is 96.3 Å². The highest BCUT2D eigenvalue weighted by Gasteiger charge is 2.36. The van der Waals surface area contributed by atoms with E-state index in [9.17, 15) is 19.0 Å². The van der Waals surface area contributed by atoms with E-state index in [1.165, 1.54) is 25.7 Å². The van der Waals surface area contributed by atoms with Gasteiger partial charge in [0.2, 0.25) is 0 Å². The molecule has 0 spiro atoms. The molecule has 0 saturated carbocycles. The van der Waals surface area contributed by atoms with Crippen molar-refractivity contribution in [1.29, 1.82) is 0 Å². The summed E-state index contributed by atoms with van der Waals surface area (Å²) in [4.78, 5) is 34.9. The molecule has 0 amide bonds. The van der Waals surface area contributed by atoms with Gasteiger partial charge in [-0.1, -0.05) is 142 Å². The van der Waals surface area contributed by atoms with Gasteiger partial charge in [0, 0.05) is 19.4 Å². The Morgan fingerprint density at radius 2 is 1.10 bits per heavy atom. The van der Waals surface area contributed by atoms with E-state index in [1.807, 2.05) is 12.2 Å². The van der Waals surface area contributed by atoms with Crippen LogP contribution in [0.4, 0.5) is 0 Å². The van der Waals surface area contributed by atoms with Gasteiger partial charge in [0.05, 0.1) is 25.4 Å². The van der Waals surface area contributed by atoms with Gasteiger partial charge in [0.25, 0.3) is 0 Å². The molecule has 1 saturated heterocycles. The Labute approximate surface area is 363 Å². The topological polar surface area (TPSA) is 147 Å². The molecule has 1 aliphatic rings. The van der Waals surface area contributed by atoms with Crippen LogP contribution in [-0.4, -0.2) is 61.5 Å². The Kier molecular flexibility index (Phi) is 36.2. The highest BCUT2D eigenvalue weighted by atomic mass is 31.2. The molecule has 1 fully saturated rings. The number of allylic oxidation sites excluding steroid dienone is 16. The first-order valence-electron chi connectivity index (χ1n) is 22.5. The molecule has 1 rings (SSSR count). The Bertz CT molecular complexity index is 1410. The lowest BCUT2D eigenvalue weighted by molar-refractivity contribution is -0.161. The van der Waals surface area contributed by atoms with Crippen molar-refractivity contribution in [1.82, 2.24) is 0 Å². The summed E-state index contributed by atoms with van der Waals surface area (Å²) in [7, 11) is -4.42. The van der Waals surface area contributed by atoms with Crippen LogP contribution >= 0.6 is 7.82 Å². The highest BCUT2D eigenvalue weighted by molar-refractivity contribution is 7.47. The van der Waals surface area contributed by atoms with E-state index in [-0.39, 0.29) is 32.6 Å². The molecule has 1 aliphatic heterocycles. The van der Waals surface area contributed by atoms with Crippen LogP contribution in [0.3, 0.4) is 0 Å². The predicted molar refractivity (Wildman–Crippen MR) is 246 cm³/mol. The first kappa shape index (κ1) is 54.6. The van der Waals surface area contributed by atoms with E-state index in [4.69, 9.17) is 29.0 Å². The minimum Gasteiger partial charge on any atom is -0.462 e. The zero-order valence-corrected chi connectivity index (χ0v) is 37.7. The van der Waals surface area contributed by atoms with Crippen LogP contribution in [0.25, 0.3) is 0 Å². The zero-order chi connectivity index (χ0) is 43.6. The third-order valence-corrected chi connectivity index (χ3v) is 10.0. The zero-order valence-electron chi connectivity index (χ0n) is 36.8. The summed E-state index contributed by atoms with van der Waals surface area (Å²) >= 11 is 0. The van der Waals surface area contributed by atoms with Crippen LogP contribution in [0, 0.1) is 0 Å². The molecule has 338 valence electrons. The van der Waals surface area contributed by atoms with Crippen LogP contribution in [0.1, 0.15) is 142 Å². The van der Waals surface area contributed by atoms with Gasteiger partial charge in [-0.2, -0.15) is 0 Å². The summed E-state index contributed by atoms with van der Waals surface area (Å²) in [6.07, 6.45) is 56.0. The van der Waals surface area contributed by atoms with Crippen LogP contribution in [0.15, 0.2) is 109 Å². The number of epoxide rings is 1. The maximum Gasteiger partial charge on any atom is 0.472 e. The number of carbonyl (C=O) groups excluding carboxylic acids is 2. The van der Waals surface area contributed by atoms with Crippen molar-refractivity contribution in [2.24, 2.45) is 5.73 Å². The fraction of sp³-hybridized carbons (Fsp3) is 0.592. The molecule has 1 heterocycles. The highest BCUT2D eigenvalue weighted by Crippen LogP contribution is 2.43. The van der Waals surface area contributed by atoms with Crippen molar-refractivity contribution in [2.45, 2.75) is 161 Å². The van der Waals surface area contributed by atoms with Crippen molar-refractivity contribution in [3.63, 3.8) is 0 Å². The quantitative estimate of drug-likeness (QED) is 0.0201.